The van der Waals surface area contributed by atoms with Crippen molar-refractivity contribution in [3.8, 4) is 0 Å². The lowest BCUT2D eigenvalue weighted by molar-refractivity contribution is -0.125. The fraction of sp³-hybridized carbons (Fsp3) is 0.263. The van der Waals surface area contributed by atoms with Crippen molar-refractivity contribution in [2.45, 2.75) is 19.5 Å². The van der Waals surface area contributed by atoms with E-state index in [1.54, 1.807) is 32.3 Å². The van der Waals surface area contributed by atoms with E-state index < -0.39 is 18.0 Å². The molecule has 0 bridgehead atoms. The number of hydrogen-bond donors (Lipinski definition) is 3. The van der Waals surface area contributed by atoms with Gasteiger partial charge in [-0.1, -0.05) is 30.3 Å². The Morgan fingerprint density at radius 2 is 1.86 bits per heavy atom. The summed E-state index contributed by atoms with van der Waals surface area (Å²) in [5.74, 6) is -0.396. The SMILES string of the molecule is CC(C(=O)NC(=O)NCc1ccccc1)N(C)CC(=O)Nc1ccc(Br)cn1. The van der Waals surface area contributed by atoms with E-state index in [2.05, 4.69) is 36.9 Å². The van der Waals surface area contributed by atoms with Crippen molar-refractivity contribution in [2.75, 3.05) is 18.9 Å². The Kier molecular flexibility index (Phi) is 8.09. The molecule has 0 aliphatic rings. The van der Waals surface area contributed by atoms with Crippen LogP contribution in [0.4, 0.5) is 10.6 Å². The highest BCUT2D eigenvalue weighted by Crippen LogP contribution is 2.10. The maximum atomic E-state index is 12.2. The van der Waals surface area contributed by atoms with Crippen LogP contribution in [-0.4, -0.2) is 47.4 Å². The van der Waals surface area contributed by atoms with Crippen molar-refractivity contribution in [3.63, 3.8) is 0 Å². The molecule has 4 amide bonds. The quantitative estimate of drug-likeness (QED) is 0.602. The Hall–Kier alpha value is -2.78. The van der Waals surface area contributed by atoms with Gasteiger partial charge in [0, 0.05) is 17.2 Å². The van der Waals surface area contributed by atoms with Crippen LogP contribution in [0.15, 0.2) is 53.1 Å². The number of nitrogens with zero attached hydrogens (tertiary/aromatic N) is 2. The van der Waals surface area contributed by atoms with Gasteiger partial charge >= 0.3 is 6.03 Å². The van der Waals surface area contributed by atoms with Crippen LogP contribution < -0.4 is 16.0 Å². The minimum absolute atomic E-state index is 0.0298. The number of amides is 4. The predicted octanol–water partition coefficient (Wildman–Crippen LogP) is 2.13. The standard InChI is InChI=1S/C19H22BrN5O3/c1-13(18(27)24-19(28)22-10-14-6-4-3-5-7-14)25(2)12-17(26)23-16-9-8-15(20)11-21-16/h3-9,11,13H,10,12H2,1-2H3,(H,21,23,26)(H2,22,24,27,28). The first-order chi connectivity index (χ1) is 13.3. The van der Waals surface area contributed by atoms with Crippen molar-refractivity contribution in [1.29, 1.82) is 0 Å². The van der Waals surface area contributed by atoms with Crippen LogP contribution in [0.2, 0.25) is 0 Å². The second kappa shape index (κ2) is 10.5. The van der Waals surface area contributed by atoms with Gasteiger partial charge in [-0.3, -0.25) is 19.8 Å². The van der Waals surface area contributed by atoms with E-state index in [-0.39, 0.29) is 12.5 Å². The number of likely N-dealkylation sites (N-methyl/N-ethyl adjacent to an activating group) is 1. The second-order valence-electron chi connectivity index (χ2n) is 6.16. The van der Waals surface area contributed by atoms with Gasteiger partial charge in [-0.25, -0.2) is 9.78 Å². The van der Waals surface area contributed by atoms with Gasteiger partial charge in [-0.2, -0.15) is 0 Å². The number of anilines is 1. The van der Waals surface area contributed by atoms with E-state index in [9.17, 15) is 14.4 Å². The van der Waals surface area contributed by atoms with Gasteiger partial charge in [-0.15, -0.1) is 0 Å². The van der Waals surface area contributed by atoms with Gasteiger partial charge in [0.1, 0.15) is 5.82 Å². The molecule has 28 heavy (non-hydrogen) atoms. The molecule has 148 valence electrons. The third kappa shape index (κ3) is 7.09. The Labute approximate surface area is 171 Å². The smallest absolute Gasteiger partial charge is 0.321 e. The molecule has 0 spiro atoms. The molecular formula is C19H22BrN5O3. The van der Waals surface area contributed by atoms with Crippen LogP contribution in [0.5, 0.6) is 0 Å². The fourth-order valence-electron chi connectivity index (χ4n) is 2.23. The molecular weight excluding hydrogens is 426 g/mol. The molecule has 0 saturated heterocycles. The maximum Gasteiger partial charge on any atom is 0.321 e. The van der Waals surface area contributed by atoms with E-state index >= 15 is 0 Å². The molecule has 1 heterocycles. The number of pyridine rings is 1. The summed E-state index contributed by atoms with van der Waals surface area (Å²) < 4.78 is 0.804. The van der Waals surface area contributed by atoms with Gasteiger partial charge in [0.15, 0.2) is 0 Å². The fourth-order valence-corrected chi connectivity index (χ4v) is 2.47. The molecule has 8 nitrogen and oxygen atoms in total. The third-order valence-corrected chi connectivity index (χ3v) is 4.43. The summed E-state index contributed by atoms with van der Waals surface area (Å²) in [6, 6.07) is 11.5. The molecule has 0 aliphatic heterocycles. The lowest BCUT2D eigenvalue weighted by Gasteiger charge is -2.22. The Balaban J connectivity index is 1.76. The number of nitrogens with one attached hydrogen (secondary N) is 3. The van der Waals surface area contributed by atoms with Crippen LogP contribution in [0, 0.1) is 0 Å². The largest absolute Gasteiger partial charge is 0.334 e. The zero-order valence-corrected chi connectivity index (χ0v) is 17.2. The van der Waals surface area contributed by atoms with E-state index in [0.717, 1.165) is 10.0 Å². The maximum absolute atomic E-state index is 12.2. The van der Waals surface area contributed by atoms with E-state index in [0.29, 0.717) is 12.4 Å². The highest BCUT2D eigenvalue weighted by Gasteiger charge is 2.22. The van der Waals surface area contributed by atoms with Crippen LogP contribution in [0.3, 0.4) is 0 Å². The van der Waals surface area contributed by atoms with Crippen molar-refractivity contribution in [3.05, 3.63) is 58.7 Å². The normalized spacial score (nSPS) is 11.6. The number of imide groups is 1. The van der Waals surface area contributed by atoms with Crippen LogP contribution in [0.1, 0.15) is 12.5 Å². The van der Waals surface area contributed by atoms with Crippen molar-refractivity contribution < 1.29 is 14.4 Å². The van der Waals surface area contributed by atoms with Gasteiger partial charge in [0.2, 0.25) is 11.8 Å². The molecule has 0 aliphatic carbocycles. The molecule has 3 N–H and O–H groups in total. The molecule has 0 saturated carbocycles. The summed E-state index contributed by atoms with van der Waals surface area (Å²) in [5, 5.41) is 7.55. The number of carbonyl (C=O) groups is 3. The van der Waals surface area contributed by atoms with Crippen LogP contribution in [0.25, 0.3) is 0 Å². The van der Waals surface area contributed by atoms with Gasteiger partial charge in [0.25, 0.3) is 0 Å². The van der Waals surface area contributed by atoms with E-state index in [1.807, 2.05) is 30.3 Å². The molecule has 0 radical (unpaired) electrons. The lowest BCUT2D eigenvalue weighted by Crippen LogP contribution is -2.49. The molecule has 2 rings (SSSR count). The van der Waals surface area contributed by atoms with E-state index in [1.165, 1.54) is 4.90 Å². The Bertz CT molecular complexity index is 814. The molecule has 1 unspecified atom stereocenters. The number of halogens is 1. The number of hydrogen-bond acceptors (Lipinski definition) is 5. The van der Waals surface area contributed by atoms with Crippen LogP contribution >= 0.6 is 15.9 Å². The molecule has 0 fully saturated rings. The second-order valence-corrected chi connectivity index (χ2v) is 7.07. The zero-order valence-electron chi connectivity index (χ0n) is 15.6. The molecule has 2 aromatic rings. The summed E-state index contributed by atoms with van der Waals surface area (Å²) in [6.07, 6.45) is 1.57. The summed E-state index contributed by atoms with van der Waals surface area (Å²) in [5.41, 5.74) is 0.925. The van der Waals surface area contributed by atoms with E-state index in [4.69, 9.17) is 0 Å². The first kappa shape index (κ1) is 21.5. The average Bonchev–Trinajstić information content (AvgIpc) is 2.68. The minimum atomic E-state index is -0.675. The lowest BCUT2D eigenvalue weighted by atomic mass is 10.2. The topological polar surface area (TPSA) is 103 Å². The number of benzene rings is 1. The number of carbonyl (C=O) groups excluding carboxylic acids is 3. The Morgan fingerprint density at radius 3 is 2.50 bits per heavy atom. The first-order valence-electron chi connectivity index (χ1n) is 8.59. The van der Waals surface area contributed by atoms with Gasteiger partial charge < -0.3 is 10.6 Å². The zero-order chi connectivity index (χ0) is 20.5. The highest BCUT2D eigenvalue weighted by molar-refractivity contribution is 9.10. The summed E-state index contributed by atoms with van der Waals surface area (Å²) >= 11 is 3.27. The molecule has 1 aromatic carbocycles. The number of aromatic nitrogens is 1. The molecule has 1 aromatic heterocycles. The third-order valence-electron chi connectivity index (χ3n) is 3.96. The number of urea groups is 1. The minimum Gasteiger partial charge on any atom is -0.334 e. The summed E-state index contributed by atoms with van der Waals surface area (Å²) in [6.45, 7) is 1.90. The van der Waals surface area contributed by atoms with Crippen molar-refractivity contribution >= 4 is 39.6 Å². The predicted molar refractivity (Wildman–Crippen MR) is 109 cm³/mol. The highest BCUT2D eigenvalue weighted by atomic mass is 79.9. The summed E-state index contributed by atoms with van der Waals surface area (Å²) in [7, 11) is 1.63. The Morgan fingerprint density at radius 1 is 1.14 bits per heavy atom. The molecule has 9 heteroatoms. The number of rotatable bonds is 7. The first-order valence-corrected chi connectivity index (χ1v) is 9.38. The van der Waals surface area contributed by atoms with Crippen molar-refractivity contribution in [2.24, 2.45) is 0 Å². The van der Waals surface area contributed by atoms with Crippen LogP contribution in [-0.2, 0) is 16.1 Å². The van der Waals surface area contributed by atoms with Crippen molar-refractivity contribution in [1.82, 2.24) is 20.5 Å². The molecule has 1 atom stereocenters. The summed E-state index contributed by atoms with van der Waals surface area (Å²) in [4.78, 5) is 41.8. The van der Waals surface area contributed by atoms with Gasteiger partial charge in [0.05, 0.1) is 12.6 Å². The average molecular weight is 448 g/mol. The van der Waals surface area contributed by atoms with Gasteiger partial charge in [-0.05, 0) is 47.6 Å². The monoisotopic (exact) mass is 447 g/mol.